The Bertz CT molecular complexity index is 1580. The Balaban J connectivity index is 1.29. The third kappa shape index (κ3) is 4.18. The molecule has 37 heavy (non-hydrogen) atoms. The molecule has 2 aromatic carbocycles. The summed E-state index contributed by atoms with van der Waals surface area (Å²) in [4.78, 5) is 22.3. The highest BCUT2D eigenvalue weighted by molar-refractivity contribution is 5.96. The summed E-state index contributed by atoms with van der Waals surface area (Å²) < 4.78 is 4.08. The van der Waals surface area contributed by atoms with E-state index in [2.05, 4.69) is 34.1 Å². The number of aryl methyl sites for hydroxylation is 1. The zero-order valence-electron chi connectivity index (χ0n) is 21.4. The van der Waals surface area contributed by atoms with Crippen LogP contribution in [0.3, 0.4) is 0 Å². The Kier molecular flexibility index (Phi) is 5.79. The van der Waals surface area contributed by atoms with Gasteiger partial charge in [-0.05, 0) is 55.3 Å². The molecule has 6 rings (SSSR count). The Morgan fingerprint density at radius 1 is 0.973 bits per heavy atom. The van der Waals surface area contributed by atoms with Gasteiger partial charge in [0.1, 0.15) is 17.2 Å². The van der Waals surface area contributed by atoms with Crippen molar-refractivity contribution in [2.75, 3.05) is 37.4 Å². The highest BCUT2D eigenvalue weighted by atomic mass is 16.2. The van der Waals surface area contributed by atoms with Crippen LogP contribution in [0.25, 0.3) is 27.8 Å². The molecule has 8 nitrogen and oxygen atoms in total. The second-order valence-corrected chi connectivity index (χ2v) is 9.92. The number of amides is 2. The van der Waals surface area contributed by atoms with Crippen molar-refractivity contribution in [3.63, 3.8) is 0 Å². The number of urea groups is 1. The van der Waals surface area contributed by atoms with Crippen LogP contribution in [0.15, 0.2) is 72.9 Å². The third-order valence-electron chi connectivity index (χ3n) is 7.27. The molecule has 0 aliphatic carbocycles. The van der Waals surface area contributed by atoms with Crippen molar-refractivity contribution < 1.29 is 4.79 Å². The maximum Gasteiger partial charge on any atom is 0.321 e. The first-order chi connectivity index (χ1) is 18.0. The fourth-order valence-corrected chi connectivity index (χ4v) is 5.33. The van der Waals surface area contributed by atoms with E-state index in [1.807, 2.05) is 84.2 Å². The van der Waals surface area contributed by atoms with E-state index in [9.17, 15) is 4.79 Å². The van der Waals surface area contributed by atoms with Crippen molar-refractivity contribution in [3.8, 4) is 11.4 Å². The predicted octanol–water partition coefficient (Wildman–Crippen LogP) is 5.37. The number of aromatic nitrogens is 4. The summed E-state index contributed by atoms with van der Waals surface area (Å²) in [5, 5.41) is 9.00. The number of likely N-dealkylation sites (tertiary alicyclic amines) is 1. The normalized spacial score (nSPS) is 15.9. The maximum atomic E-state index is 13.2. The molecule has 188 valence electrons. The maximum absolute atomic E-state index is 13.2. The molecule has 0 saturated carbocycles. The van der Waals surface area contributed by atoms with Crippen LogP contribution in [0.4, 0.5) is 16.2 Å². The molecule has 0 spiro atoms. The number of carbonyl (C=O) groups excluding carboxylic acids is 1. The zero-order chi connectivity index (χ0) is 25.5. The molecule has 0 radical (unpaired) electrons. The van der Waals surface area contributed by atoms with E-state index >= 15 is 0 Å². The van der Waals surface area contributed by atoms with E-state index in [1.54, 1.807) is 0 Å². The monoisotopic (exact) mass is 493 g/mol. The van der Waals surface area contributed by atoms with E-state index < -0.39 is 0 Å². The summed E-state index contributed by atoms with van der Waals surface area (Å²) in [5.41, 5.74) is 5.78. The van der Waals surface area contributed by atoms with Gasteiger partial charge in [0.25, 0.3) is 0 Å². The van der Waals surface area contributed by atoms with Crippen LogP contribution < -0.4 is 10.2 Å². The summed E-state index contributed by atoms with van der Waals surface area (Å²) in [6.07, 6.45) is 3.98. The SMILES string of the molecule is CN(C)c1ccc(NC(=O)N2CCC[C@@H](c3nc(-c4nn(C)c5ccccc45)c4ccccn34)C2)cc1. The van der Waals surface area contributed by atoms with Gasteiger partial charge < -0.3 is 19.5 Å². The fourth-order valence-electron chi connectivity index (χ4n) is 5.33. The molecular weight excluding hydrogens is 462 g/mol. The van der Waals surface area contributed by atoms with Gasteiger partial charge in [-0.3, -0.25) is 4.68 Å². The van der Waals surface area contributed by atoms with Gasteiger partial charge in [0.2, 0.25) is 0 Å². The predicted molar refractivity (Wildman–Crippen MR) is 148 cm³/mol. The Hall–Kier alpha value is -4.33. The van der Waals surface area contributed by atoms with Crippen LogP contribution in [-0.2, 0) is 7.05 Å². The smallest absolute Gasteiger partial charge is 0.321 e. The van der Waals surface area contributed by atoms with Crippen LogP contribution in [0, 0.1) is 0 Å². The van der Waals surface area contributed by atoms with Gasteiger partial charge in [0.15, 0.2) is 0 Å². The number of piperidine rings is 1. The summed E-state index contributed by atoms with van der Waals surface area (Å²) in [5.74, 6) is 1.11. The summed E-state index contributed by atoms with van der Waals surface area (Å²) in [6.45, 7) is 1.36. The van der Waals surface area contributed by atoms with E-state index in [-0.39, 0.29) is 11.9 Å². The topological polar surface area (TPSA) is 70.7 Å². The molecule has 1 fully saturated rings. The first kappa shape index (κ1) is 23.1. The number of para-hydroxylation sites is 1. The minimum absolute atomic E-state index is 0.0703. The summed E-state index contributed by atoms with van der Waals surface area (Å²) in [7, 11) is 5.97. The number of carbonyl (C=O) groups is 1. The molecular formula is C29H31N7O. The van der Waals surface area contributed by atoms with E-state index in [0.717, 1.165) is 64.4 Å². The number of benzene rings is 2. The van der Waals surface area contributed by atoms with Crippen molar-refractivity contribution in [2.45, 2.75) is 18.8 Å². The van der Waals surface area contributed by atoms with Gasteiger partial charge in [-0.2, -0.15) is 5.10 Å². The first-order valence-corrected chi connectivity index (χ1v) is 12.7. The minimum Gasteiger partial charge on any atom is -0.378 e. The van der Waals surface area contributed by atoms with Crippen LogP contribution in [0.5, 0.6) is 0 Å². The highest BCUT2D eigenvalue weighted by Gasteiger charge is 2.29. The molecule has 4 heterocycles. The molecule has 1 aliphatic heterocycles. The first-order valence-electron chi connectivity index (χ1n) is 12.7. The van der Waals surface area contributed by atoms with Crippen molar-refractivity contribution in [2.24, 2.45) is 7.05 Å². The van der Waals surface area contributed by atoms with Crippen molar-refractivity contribution in [3.05, 3.63) is 78.8 Å². The van der Waals surface area contributed by atoms with Gasteiger partial charge in [-0.15, -0.1) is 0 Å². The standard InChI is InChI=1S/C29H31N7O/c1-33(2)22-15-13-21(14-16-22)30-29(37)35-17-8-9-20(19-35)28-31-27(25-12-6-7-18-36(25)28)26-23-10-4-5-11-24(23)34(3)32-26/h4-7,10-16,18,20H,8-9,17,19H2,1-3H3,(H,30,37)/t20-/m1/s1. The van der Waals surface area contributed by atoms with Crippen LogP contribution in [0.2, 0.25) is 0 Å². The minimum atomic E-state index is -0.0703. The van der Waals surface area contributed by atoms with Gasteiger partial charge in [0.05, 0.1) is 11.0 Å². The van der Waals surface area contributed by atoms with Gasteiger partial charge in [0, 0.05) is 63.1 Å². The molecule has 3 aromatic heterocycles. The third-order valence-corrected chi connectivity index (χ3v) is 7.27. The highest BCUT2D eigenvalue weighted by Crippen LogP contribution is 2.34. The molecule has 1 saturated heterocycles. The second-order valence-electron chi connectivity index (χ2n) is 9.92. The number of fused-ring (bicyclic) bond motifs is 2. The number of hydrogen-bond acceptors (Lipinski definition) is 4. The Morgan fingerprint density at radius 3 is 2.54 bits per heavy atom. The molecule has 1 N–H and O–H groups in total. The molecule has 2 amide bonds. The van der Waals surface area contributed by atoms with E-state index in [0.29, 0.717) is 6.54 Å². The Morgan fingerprint density at radius 2 is 1.73 bits per heavy atom. The number of hydrogen-bond donors (Lipinski definition) is 1. The van der Waals surface area contributed by atoms with Crippen molar-refractivity contribution in [1.82, 2.24) is 24.1 Å². The van der Waals surface area contributed by atoms with Gasteiger partial charge in [-0.1, -0.05) is 24.3 Å². The molecule has 0 bridgehead atoms. The number of imidazole rings is 1. The second kappa shape index (κ2) is 9.28. The van der Waals surface area contributed by atoms with Crippen LogP contribution in [-0.4, -0.2) is 57.3 Å². The molecule has 0 unspecified atom stereocenters. The Labute approximate surface area is 216 Å². The quantitative estimate of drug-likeness (QED) is 0.366. The fraction of sp³-hybridized carbons (Fsp3) is 0.276. The zero-order valence-corrected chi connectivity index (χ0v) is 21.4. The van der Waals surface area contributed by atoms with E-state index in [4.69, 9.17) is 10.1 Å². The lowest BCUT2D eigenvalue weighted by atomic mass is 9.97. The number of nitrogens with zero attached hydrogens (tertiary/aromatic N) is 6. The van der Waals surface area contributed by atoms with Gasteiger partial charge >= 0.3 is 6.03 Å². The molecule has 5 aromatic rings. The number of rotatable bonds is 4. The van der Waals surface area contributed by atoms with Gasteiger partial charge in [-0.25, -0.2) is 9.78 Å². The summed E-state index contributed by atoms with van der Waals surface area (Å²) >= 11 is 0. The number of nitrogens with one attached hydrogen (secondary N) is 1. The largest absolute Gasteiger partial charge is 0.378 e. The lowest BCUT2D eigenvalue weighted by Gasteiger charge is -2.32. The van der Waals surface area contributed by atoms with E-state index in [1.165, 1.54) is 0 Å². The lowest BCUT2D eigenvalue weighted by Crippen LogP contribution is -2.42. The lowest BCUT2D eigenvalue weighted by molar-refractivity contribution is 0.191. The molecule has 8 heteroatoms. The average Bonchev–Trinajstić information content (AvgIpc) is 3.47. The molecule has 1 aliphatic rings. The molecule has 1 atom stereocenters. The number of anilines is 2. The van der Waals surface area contributed by atoms with Crippen LogP contribution in [0.1, 0.15) is 24.6 Å². The van der Waals surface area contributed by atoms with Crippen molar-refractivity contribution >= 4 is 33.8 Å². The summed E-state index contributed by atoms with van der Waals surface area (Å²) in [6, 6.07) is 22.3. The van der Waals surface area contributed by atoms with Crippen LogP contribution >= 0.6 is 0 Å². The number of pyridine rings is 1. The average molecular weight is 494 g/mol. The van der Waals surface area contributed by atoms with Crippen molar-refractivity contribution in [1.29, 1.82) is 0 Å².